The van der Waals surface area contributed by atoms with Crippen molar-refractivity contribution in [2.75, 3.05) is 18.0 Å². The van der Waals surface area contributed by atoms with Gasteiger partial charge in [-0.15, -0.1) is 0 Å². The predicted octanol–water partition coefficient (Wildman–Crippen LogP) is 3.39. The molecule has 1 fully saturated rings. The summed E-state index contributed by atoms with van der Waals surface area (Å²) >= 11 is 1.20. The molecule has 1 aromatic heterocycles. The van der Waals surface area contributed by atoms with E-state index in [1.54, 1.807) is 21.9 Å². The summed E-state index contributed by atoms with van der Waals surface area (Å²) in [4.78, 5) is 33.3. The number of nitrogens with one attached hydrogen (secondary N) is 1. The molecule has 150 valence electrons. The fraction of sp³-hybridized carbons (Fsp3) is 0.182. The van der Waals surface area contributed by atoms with Crippen LogP contribution >= 0.6 is 11.3 Å². The summed E-state index contributed by atoms with van der Waals surface area (Å²) in [6.45, 7) is 1.83. The van der Waals surface area contributed by atoms with Gasteiger partial charge in [-0.2, -0.15) is 5.26 Å². The van der Waals surface area contributed by atoms with Crippen LogP contribution in [0.4, 0.5) is 9.93 Å². The number of nitrogens with zero attached hydrogens (tertiary/aromatic N) is 4. The van der Waals surface area contributed by atoms with E-state index in [4.69, 9.17) is 0 Å². The molecular weight excluding hydrogens is 398 g/mol. The number of benzene rings is 2. The van der Waals surface area contributed by atoms with Crippen LogP contribution in [-0.4, -0.2) is 34.9 Å². The van der Waals surface area contributed by atoms with E-state index in [1.807, 2.05) is 42.5 Å². The van der Waals surface area contributed by atoms with Gasteiger partial charge < -0.3 is 10.2 Å². The van der Waals surface area contributed by atoms with Gasteiger partial charge in [0.15, 0.2) is 5.13 Å². The van der Waals surface area contributed by atoms with Crippen LogP contribution in [0.3, 0.4) is 0 Å². The Bertz CT molecular complexity index is 1110. The molecule has 0 saturated carbocycles. The number of urea groups is 1. The first-order valence-electron chi connectivity index (χ1n) is 9.48. The summed E-state index contributed by atoms with van der Waals surface area (Å²) in [5.41, 5.74) is 2.39. The highest BCUT2D eigenvalue weighted by molar-refractivity contribution is 7.17. The molecular formula is C22H19N5O2S. The van der Waals surface area contributed by atoms with Crippen molar-refractivity contribution in [1.82, 2.24) is 15.2 Å². The van der Waals surface area contributed by atoms with Gasteiger partial charge >= 0.3 is 6.03 Å². The second kappa shape index (κ2) is 8.76. The quantitative estimate of drug-likeness (QED) is 0.666. The maximum absolute atomic E-state index is 12.8. The first kappa shape index (κ1) is 19.6. The fourth-order valence-corrected chi connectivity index (χ4v) is 4.09. The zero-order valence-electron chi connectivity index (χ0n) is 16.1. The number of anilines is 1. The third-order valence-corrected chi connectivity index (χ3v) is 5.86. The Kier molecular flexibility index (Phi) is 5.72. The number of rotatable bonds is 6. The Labute approximate surface area is 178 Å². The van der Waals surface area contributed by atoms with Gasteiger partial charge in [-0.05, 0) is 17.2 Å². The third-order valence-electron chi connectivity index (χ3n) is 4.84. The number of aromatic nitrogens is 1. The maximum Gasteiger partial charge on any atom is 0.326 e. The minimum absolute atomic E-state index is 0.173. The van der Waals surface area contributed by atoms with Crippen LogP contribution < -0.4 is 10.2 Å². The molecule has 4 rings (SSSR count). The summed E-state index contributed by atoms with van der Waals surface area (Å²) in [6.07, 6.45) is 1.50. The summed E-state index contributed by atoms with van der Waals surface area (Å²) < 4.78 is 0. The lowest BCUT2D eigenvalue weighted by atomic mass is 10.1. The lowest BCUT2D eigenvalue weighted by Crippen LogP contribution is -2.31. The Morgan fingerprint density at radius 1 is 1.13 bits per heavy atom. The third kappa shape index (κ3) is 4.16. The standard InChI is InChI=1S/C22H19N5O2S/c23-12-17-8-4-5-9-18(17)15-26-10-11-27(22(26)29)21-25-14-19(30-21)20(28)24-13-16-6-2-1-3-7-16/h1-9,14H,10-11,13,15H2,(H,24,28). The number of hydrogen-bond acceptors (Lipinski definition) is 5. The Morgan fingerprint density at radius 2 is 1.90 bits per heavy atom. The molecule has 2 aromatic carbocycles. The lowest BCUT2D eigenvalue weighted by molar-refractivity contribution is 0.0954. The second-order valence-electron chi connectivity index (χ2n) is 6.80. The van der Waals surface area contributed by atoms with Crippen LogP contribution in [0.15, 0.2) is 60.8 Å². The van der Waals surface area contributed by atoms with E-state index in [2.05, 4.69) is 16.4 Å². The minimum atomic E-state index is -0.214. The number of thiazole rings is 1. The Morgan fingerprint density at radius 3 is 2.70 bits per heavy atom. The van der Waals surface area contributed by atoms with Crippen molar-refractivity contribution in [3.63, 3.8) is 0 Å². The first-order valence-corrected chi connectivity index (χ1v) is 10.3. The average Bonchev–Trinajstić information content (AvgIpc) is 3.40. The van der Waals surface area contributed by atoms with E-state index in [1.165, 1.54) is 17.5 Å². The van der Waals surface area contributed by atoms with Gasteiger partial charge in [0, 0.05) is 26.2 Å². The van der Waals surface area contributed by atoms with E-state index < -0.39 is 0 Å². The van der Waals surface area contributed by atoms with E-state index in [0.29, 0.717) is 41.8 Å². The van der Waals surface area contributed by atoms with Crippen LogP contribution in [0.25, 0.3) is 0 Å². The summed E-state index contributed by atoms with van der Waals surface area (Å²) in [7, 11) is 0. The highest BCUT2D eigenvalue weighted by Gasteiger charge is 2.32. The van der Waals surface area contributed by atoms with Crippen molar-refractivity contribution in [1.29, 1.82) is 5.26 Å². The van der Waals surface area contributed by atoms with Gasteiger partial charge in [0.1, 0.15) is 4.88 Å². The molecule has 0 bridgehead atoms. The van der Waals surface area contributed by atoms with Crippen LogP contribution in [0.5, 0.6) is 0 Å². The maximum atomic E-state index is 12.8. The summed E-state index contributed by atoms with van der Waals surface area (Å²) in [6, 6.07) is 18.9. The number of carbonyl (C=O) groups excluding carboxylic acids is 2. The van der Waals surface area contributed by atoms with Crippen molar-refractivity contribution in [2.45, 2.75) is 13.1 Å². The van der Waals surface area contributed by atoms with Gasteiger partial charge in [-0.3, -0.25) is 9.69 Å². The van der Waals surface area contributed by atoms with Gasteiger partial charge in [-0.25, -0.2) is 9.78 Å². The zero-order chi connectivity index (χ0) is 20.9. The molecule has 8 heteroatoms. The highest BCUT2D eigenvalue weighted by atomic mass is 32.1. The SMILES string of the molecule is N#Cc1ccccc1CN1CCN(c2ncc(C(=O)NCc3ccccc3)s2)C1=O. The molecule has 30 heavy (non-hydrogen) atoms. The molecule has 0 atom stereocenters. The highest BCUT2D eigenvalue weighted by Crippen LogP contribution is 2.27. The molecule has 0 unspecified atom stereocenters. The summed E-state index contributed by atoms with van der Waals surface area (Å²) in [5.74, 6) is -0.214. The van der Waals surface area contributed by atoms with E-state index in [0.717, 1.165) is 11.1 Å². The van der Waals surface area contributed by atoms with Crippen LogP contribution in [0.1, 0.15) is 26.4 Å². The second-order valence-corrected chi connectivity index (χ2v) is 7.81. The van der Waals surface area contributed by atoms with Gasteiger partial charge in [0.05, 0.1) is 17.8 Å². The number of hydrogen-bond donors (Lipinski definition) is 1. The molecule has 0 spiro atoms. The molecule has 1 aliphatic heterocycles. The number of amides is 3. The first-order chi connectivity index (χ1) is 14.7. The molecule has 3 aromatic rings. The molecule has 7 nitrogen and oxygen atoms in total. The molecule has 0 radical (unpaired) electrons. The largest absolute Gasteiger partial charge is 0.347 e. The molecule has 3 amide bonds. The monoisotopic (exact) mass is 417 g/mol. The van der Waals surface area contributed by atoms with Gasteiger partial charge in [0.2, 0.25) is 0 Å². The van der Waals surface area contributed by atoms with E-state index in [9.17, 15) is 14.9 Å². The topological polar surface area (TPSA) is 89.3 Å². The summed E-state index contributed by atoms with van der Waals surface area (Å²) in [5, 5.41) is 12.6. The fourth-order valence-electron chi connectivity index (χ4n) is 3.24. The van der Waals surface area contributed by atoms with Crippen molar-refractivity contribution < 1.29 is 9.59 Å². The molecule has 1 N–H and O–H groups in total. The van der Waals surface area contributed by atoms with E-state index >= 15 is 0 Å². The van der Waals surface area contributed by atoms with Crippen LogP contribution in [0, 0.1) is 11.3 Å². The lowest BCUT2D eigenvalue weighted by Gasteiger charge is -2.17. The van der Waals surface area contributed by atoms with Crippen molar-refractivity contribution in [3.8, 4) is 6.07 Å². The average molecular weight is 417 g/mol. The minimum Gasteiger partial charge on any atom is -0.347 e. The Balaban J connectivity index is 1.39. The normalized spacial score (nSPS) is 13.4. The van der Waals surface area contributed by atoms with Crippen molar-refractivity contribution >= 4 is 28.4 Å². The Hall–Kier alpha value is -3.70. The molecule has 2 heterocycles. The predicted molar refractivity (Wildman–Crippen MR) is 114 cm³/mol. The number of carbonyl (C=O) groups is 2. The van der Waals surface area contributed by atoms with E-state index in [-0.39, 0.29) is 11.9 Å². The zero-order valence-corrected chi connectivity index (χ0v) is 16.9. The van der Waals surface area contributed by atoms with Crippen molar-refractivity contribution in [3.05, 3.63) is 82.4 Å². The smallest absolute Gasteiger partial charge is 0.326 e. The molecule has 0 aliphatic carbocycles. The van der Waals surface area contributed by atoms with Crippen molar-refractivity contribution in [2.24, 2.45) is 0 Å². The number of nitriles is 1. The molecule has 1 saturated heterocycles. The molecule has 1 aliphatic rings. The van der Waals surface area contributed by atoms with Crippen LogP contribution in [0.2, 0.25) is 0 Å². The van der Waals surface area contributed by atoms with Gasteiger partial charge in [0.25, 0.3) is 5.91 Å². The van der Waals surface area contributed by atoms with Gasteiger partial charge in [-0.1, -0.05) is 59.9 Å². The van der Waals surface area contributed by atoms with Crippen LogP contribution in [-0.2, 0) is 13.1 Å².